The second-order valence-electron chi connectivity index (χ2n) is 6.07. The second-order valence-corrected chi connectivity index (χ2v) is 6.07. The van der Waals surface area contributed by atoms with E-state index in [-0.39, 0.29) is 28.5 Å². The highest BCUT2D eigenvalue weighted by atomic mass is 16.4. The third-order valence-electron chi connectivity index (χ3n) is 4.06. The van der Waals surface area contributed by atoms with Crippen LogP contribution >= 0.6 is 0 Å². The van der Waals surface area contributed by atoms with Gasteiger partial charge in [-0.25, -0.2) is 9.59 Å². The quantitative estimate of drug-likeness (QED) is 0.644. The van der Waals surface area contributed by atoms with E-state index in [0.29, 0.717) is 0 Å². The van der Waals surface area contributed by atoms with Crippen LogP contribution in [0.25, 0.3) is 0 Å². The first-order valence-corrected chi connectivity index (χ1v) is 6.93. The number of carboxylic acid groups (broad SMARTS) is 1. The van der Waals surface area contributed by atoms with Crippen molar-refractivity contribution in [3.8, 4) is 5.75 Å². The summed E-state index contributed by atoms with van der Waals surface area (Å²) < 4.78 is 0. The fourth-order valence-electron chi connectivity index (χ4n) is 2.68. The van der Waals surface area contributed by atoms with Crippen LogP contribution < -0.4 is 10.6 Å². The highest BCUT2D eigenvalue weighted by Crippen LogP contribution is 2.37. The molecule has 0 aromatic heterocycles. The van der Waals surface area contributed by atoms with Gasteiger partial charge in [0.05, 0.1) is 11.3 Å². The Balaban J connectivity index is 2.01. The van der Waals surface area contributed by atoms with Gasteiger partial charge in [-0.3, -0.25) is 0 Å². The number of carbonyl (C=O) groups excluding carboxylic acids is 1. The van der Waals surface area contributed by atoms with Crippen molar-refractivity contribution in [3.05, 3.63) is 23.8 Å². The molecule has 0 radical (unpaired) electrons. The highest BCUT2D eigenvalue weighted by molar-refractivity contribution is 5.93. The smallest absolute Gasteiger partial charge is 0.335 e. The van der Waals surface area contributed by atoms with E-state index in [1.54, 1.807) is 0 Å². The molecule has 1 aromatic rings. The number of anilines is 1. The first kappa shape index (κ1) is 15.2. The highest BCUT2D eigenvalue weighted by Gasteiger charge is 2.35. The van der Waals surface area contributed by atoms with Gasteiger partial charge < -0.3 is 20.8 Å². The van der Waals surface area contributed by atoms with Crippen LogP contribution in [0.2, 0.25) is 0 Å². The summed E-state index contributed by atoms with van der Waals surface area (Å²) in [5, 5.41) is 24.0. The largest absolute Gasteiger partial charge is 0.506 e. The summed E-state index contributed by atoms with van der Waals surface area (Å²) >= 11 is 0. The molecule has 0 saturated heterocycles. The van der Waals surface area contributed by atoms with E-state index in [4.69, 9.17) is 5.11 Å². The molecule has 2 rings (SSSR count). The molecule has 1 aromatic carbocycles. The average molecular weight is 292 g/mol. The normalized spacial score (nSPS) is 20.0. The number of phenols is 1. The minimum absolute atomic E-state index is 0.0321. The summed E-state index contributed by atoms with van der Waals surface area (Å²) in [7, 11) is 0. The Morgan fingerprint density at radius 2 is 2.05 bits per heavy atom. The number of aromatic carboxylic acids is 1. The van der Waals surface area contributed by atoms with Crippen LogP contribution in [-0.4, -0.2) is 28.3 Å². The summed E-state index contributed by atoms with van der Waals surface area (Å²) in [6.45, 7) is 4.23. The van der Waals surface area contributed by atoms with E-state index < -0.39 is 12.0 Å². The Labute approximate surface area is 123 Å². The number of hydrogen-bond acceptors (Lipinski definition) is 3. The summed E-state index contributed by atoms with van der Waals surface area (Å²) in [6, 6.07) is 3.51. The van der Waals surface area contributed by atoms with Gasteiger partial charge in [0.2, 0.25) is 0 Å². The van der Waals surface area contributed by atoms with Gasteiger partial charge in [0, 0.05) is 6.04 Å². The molecule has 0 spiro atoms. The summed E-state index contributed by atoms with van der Waals surface area (Å²) in [5.41, 5.74) is 0.218. The van der Waals surface area contributed by atoms with Gasteiger partial charge in [0.25, 0.3) is 0 Å². The molecule has 2 amide bonds. The monoisotopic (exact) mass is 292 g/mol. The molecular weight excluding hydrogens is 272 g/mol. The molecule has 1 atom stereocenters. The maximum Gasteiger partial charge on any atom is 0.335 e. The van der Waals surface area contributed by atoms with Crippen molar-refractivity contribution in [1.82, 2.24) is 5.32 Å². The molecule has 1 aliphatic carbocycles. The lowest BCUT2D eigenvalue weighted by molar-refractivity contribution is 0.0696. The second kappa shape index (κ2) is 5.63. The molecule has 1 unspecified atom stereocenters. The Bertz CT molecular complexity index is 569. The molecular formula is C15H20N2O4. The molecule has 1 saturated carbocycles. The van der Waals surface area contributed by atoms with Gasteiger partial charge in [-0.15, -0.1) is 0 Å². The van der Waals surface area contributed by atoms with Gasteiger partial charge in [0.15, 0.2) is 0 Å². The lowest BCUT2D eigenvalue weighted by Crippen LogP contribution is -2.43. The minimum Gasteiger partial charge on any atom is -0.506 e. The molecule has 21 heavy (non-hydrogen) atoms. The number of hydrogen-bond donors (Lipinski definition) is 4. The van der Waals surface area contributed by atoms with Crippen LogP contribution in [0.4, 0.5) is 10.5 Å². The van der Waals surface area contributed by atoms with Gasteiger partial charge >= 0.3 is 12.0 Å². The molecule has 6 nitrogen and oxygen atoms in total. The summed E-state index contributed by atoms with van der Waals surface area (Å²) in [4.78, 5) is 22.8. The standard InChI is InChI=1S/C15H20N2O4/c1-15(2)7-3-4-12(15)17-14(21)16-10-6-5-9(13(19)20)8-11(10)18/h5-6,8,12,18H,3-4,7H2,1-2H3,(H,19,20)(H2,16,17,21). The number of amides is 2. The maximum absolute atomic E-state index is 12.0. The van der Waals surface area contributed by atoms with Crippen molar-refractivity contribution in [2.45, 2.75) is 39.2 Å². The van der Waals surface area contributed by atoms with Crippen LogP contribution in [0.3, 0.4) is 0 Å². The van der Waals surface area contributed by atoms with Crippen molar-refractivity contribution >= 4 is 17.7 Å². The van der Waals surface area contributed by atoms with Crippen LogP contribution in [0, 0.1) is 5.41 Å². The van der Waals surface area contributed by atoms with Gasteiger partial charge in [0.1, 0.15) is 5.75 Å². The Kier molecular flexibility index (Phi) is 4.06. The van der Waals surface area contributed by atoms with E-state index in [9.17, 15) is 14.7 Å². The van der Waals surface area contributed by atoms with E-state index >= 15 is 0 Å². The van der Waals surface area contributed by atoms with Crippen molar-refractivity contribution < 1.29 is 19.8 Å². The zero-order valence-electron chi connectivity index (χ0n) is 12.1. The molecule has 114 valence electrons. The van der Waals surface area contributed by atoms with Crippen LogP contribution in [0.15, 0.2) is 18.2 Å². The summed E-state index contributed by atoms with van der Waals surface area (Å²) in [6.07, 6.45) is 3.08. The lowest BCUT2D eigenvalue weighted by atomic mass is 9.87. The van der Waals surface area contributed by atoms with Gasteiger partial charge in [-0.1, -0.05) is 20.3 Å². The van der Waals surface area contributed by atoms with E-state index in [1.165, 1.54) is 12.1 Å². The zero-order chi connectivity index (χ0) is 15.6. The Morgan fingerprint density at radius 1 is 1.33 bits per heavy atom. The van der Waals surface area contributed by atoms with Crippen molar-refractivity contribution in [3.63, 3.8) is 0 Å². The molecule has 6 heteroatoms. The van der Waals surface area contributed by atoms with Crippen molar-refractivity contribution in [2.75, 3.05) is 5.32 Å². The predicted molar refractivity (Wildman–Crippen MR) is 78.6 cm³/mol. The number of benzene rings is 1. The number of phenolic OH excluding ortho intramolecular Hbond substituents is 1. The van der Waals surface area contributed by atoms with E-state index in [0.717, 1.165) is 25.3 Å². The number of aromatic hydroxyl groups is 1. The molecule has 0 bridgehead atoms. The van der Waals surface area contributed by atoms with E-state index in [2.05, 4.69) is 24.5 Å². The fourth-order valence-corrected chi connectivity index (χ4v) is 2.68. The Morgan fingerprint density at radius 3 is 2.57 bits per heavy atom. The number of rotatable bonds is 3. The third-order valence-corrected chi connectivity index (χ3v) is 4.06. The number of carbonyl (C=O) groups is 2. The van der Waals surface area contributed by atoms with Crippen molar-refractivity contribution in [2.24, 2.45) is 5.41 Å². The lowest BCUT2D eigenvalue weighted by Gasteiger charge is -2.27. The van der Waals surface area contributed by atoms with Gasteiger partial charge in [-0.2, -0.15) is 0 Å². The number of urea groups is 1. The van der Waals surface area contributed by atoms with Crippen LogP contribution in [0.1, 0.15) is 43.5 Å². The topological polar surface area (TPSA) is 98.7 Å². The Hall–Kier alpha value is -2.24. The molecule has 0 aliphatic heterocycles. The van der Waals surface area contributed by atoms with Crippen LogP contribution in [0.5, 0.6) is 5.75 Å². The third kappa shape index (κ3) is 3.45. The van der Waals surface area contributed by atoms with Gasteiger partial charge in [-0.05, 0) is 36.5 Å². The predicted octanol–water partition coefficient (Wildman–Crippen LogP) is 2.79. The van der Waals surface area contributed by atoms with Crippen LogP contribution in [-0.2, 0) is 0 Å². The average Bonchev–Trinajstić information content (AvgIpc) is 2.71. The number of nitrogens with one attached hydrogen (secondary N) is 2. The minimum atomic E-state index is -1.13. The zero-order valence-corrected chi connectivity index (χ0v) is 12.1. The molecule has 1 aliphatic rings. The fraction of sp³-hybridized carbons (Fsp3) is 0.467. The summed E-state index contributed by atoms with van der Waals surface area (Å²) in [5.74, 6) is -1.40. The molecule has 1 fully saturated rings. The first-order chi connectivity index (χ1) is 9.79. The maximum atomic E-state index is 12.0. The van der Waals surface area contributed by atoms with E-state index in [1.807, 2.05) is 0 Å². The first-order valence-electron chi connectivity index (χ1n) is 6.93. The molecule has 4 N–H and O–H groups in total. The number of carboxylic acids is 1. The SMILES string of the molecule is CC1(C)CCCC1NC(=O)Nc1ccc(C(=O)O)cc1O. The molecule has 0 heterocycles. The van der Waals surface area contributed by atoms with Crippen molar-refractivity contribution in [1.29, 1.82) is 0 Å².